The first-order valence-electron chi connectivity index (χ1n) is 6.76. The standard InChI is InChI=1S/C13H18N4O4/c1-2-3-4-5-6-9-14-15-12-8-7-11(16(18)19)10-13(12)17(20)21/h7-10,15H,2-6H2,1H3/b14-9+. The van der Waals surface area contributed by atoms with Crippen LogP contribution in [0.25, 0.3) is 0 Å². The summed E-state index contributed by atoms with van der Waals surface area (Å²) in [6.07, 6.45) is 6.91. The first kappa shape index (κ1) is 16.5. The fourth-order valence-electron chi connectivity index (χ4n) is 1.72. The number of benzene rings is 1. The molecule has 0 radical (unpaired) electrons. The molecule has 1 aromatic rings. The summed E-state index contributed by atoms with van der Waals surface area (Å²) in [5.41, 5.74) is 2.00. The molecule has 0 amide bonds. The van der Waals surface area contributed by atoms with Crippen molar-refractivity contribution in [1.29, 1.82) is 0 Å². The van der Waals surface area contributed by atoms with E-state index >= 15 is 0 Å². The highest BCUT2D eigenvalue weighted by Crippen LogP contribution is 2.28. The van der Waals surface area contributed by atoms with E-state index in [9.17, 15) is 20.2 Å². The van der Waals surface area contributed by atoms with E-state index in [1.807, 2.05) is 0 Å². The van der Waals surface area contributed by atoms with Crippen molar-refractivity contribution in [1.82, 2.24) is 0 Å². The largest absolute Gasteiger partial charge is 0.301 e. The summed E-state index contributed by atoms with van der Waals surface area (Å²) < 4.78 is 0. The average Bonchev–Trinajstić information content (AvgIpc) is 2.46. The Balaban J connectivity index is 2.64. The van der Waals surface area contributed by atoms with Gasteiger partial charge in [-0.1, -0.05) is 26.2 Å². The predicted molar refractivity (Wildman–Crippen MR) is 80.6 cm³/mol. The van der Waals surface area contributed by atoms with Gasteiger partial charge in [0, 0.05) is 12.3 Å². The quantitative estimate of drug-likeness (QED) is 0.321. The van der Waals surface area contributed by atoms with E-state index in [0.29, 0.717) is 0 Å². The number of nitrogens with zero attached hydrogens (tertiary/aromatic N) is 3. The molecule has 0 aliphatic carbocycles. The molecule has 0 atom stereocenters. The van der Waals surface area contributed by atoms with Gasteiger partial charge in [0.05, 0.1) is 15.9 Å². The second kappa shape index (κ2) is 8.62. The number of hydrogen-bond donors (Lipinski definition) is 1. The number of rotatable bonds is 9. The Kier molecular flexibility index (Phi) is 6.79. The molecule has 0 aliphatic heterocycles. The maximum atomic E-state index is 10.9. The fourth-order valence-corrected chi connectivity index (χ4v) is 1.72. The third kappa shape index (κ3) is 5.55. The molecule has 0 unspecified atom stereocenters. The number of unbranched alkanes of at least 4 members (excludes halogenated alkanes) is 4. The zero-order valence-electron chi connectivity index (χ0n) is 11.8. The molecule has 1 aromatic carbocycles. The number of nitro groups is 2. The summed E-state index contributed by atoms with van der Waals surface area (Å²) in [4.78, 5) is 20.2. The third-order valence-electron chi connectivity index (χ3n) is 2.85. The van der Waals surface area contributed by atoms with Crippen molar-refractivity contribution in [3.05, 3.63) is 38.4 Å². The molecule has 21 heavy (non-hydrogen) atoms. The van der Waals surface area contributed by atoms with Gasteiger partial charge >= 0.3 is 5.69 Å². The van der Waals surface area contributed by atoms with Gasteiger partial charge in [-0.15, -0.1) is 0 Å². The van der Waals surface area contributed by atoms with Crippen LogP contribution in [-0.2, 0) is 0 Å². The Morgan fingerprint density at radius 3 is 2.57 bits per heavy atom. The van der Waals surface area contributed by atoms with Crippen molar-refractivity contribution in [3.63, 3.8) is 0 Å². The molecular formula is C13H18N4O4. The van der Waals surface area contributed by atoms with Gasteiger partial charge in [-0.2, -0.15) is 5.10 Å². The lowest BCUT2D eigenvalue weighted by atomic mass is 10.2. The van der Waals surface area contributed by atoms with E-state index in [2.05, 4.69) is 17.5 Å². The molecule has 0 saturated carbocycles. The minimum absolute atomic E-state index is 0.135. The van der Waals surface area contributed by atoms with Crippen LogP contribution >= 0.6 is 0 Å². The van der Waals surface area contributed by atoms with Crippen LogP contribution in [0.5, 0.6) is 0 Å². The summed E-state index contributed by atoms with van der Waals surface area (Å²) >= 11 is 0. The van der Waals surface area contributed by atoms with E-state index in [0.717, 1.165) is 31.7 Å². The van der Waals surface area contributed by atoms with Gasteiger partial charge in [-0.3, -0.25) is 25.7 Å². The lowest BCUT2D eigenvalue weighted by Gasteiger charge is -2.01. The summed E-state index contributed by atoms with van der Waals surface area (Å²) in [7, 11) is 0. The monoisotopic (exact) mass is 294 g/mol. The molecular weight excluding hydrogens is 276 g/mol. The van der Waals surface area contributed by atoms with Crippen molar-refractivity contribution in [2.24, 2.45) is 5.10 Å². The third-order valence-corrected chi connectivity index (χ3v) is 2.85. The molecule has 0 spiro atoms. The fraction of sp³-hybridized carbons (Fsp3) is 0.462. The Morgan fingerprint density at radius 1 is 1.19 bits per heavy atom. The minimum atomic E-state index is -0.675. The Labute approximate surface area is 122 Å². The van der Waals surface area contributed by atoms with Gasteiger partial charge in [0.25, 0.3) is 5.69 Å². The number of nitrogens with one attached hydrogen (secondary N) is 1. The first-order valence-corrected chi connectivity index (χ1v) is 6.76. The van der Waals surface area contributed by atoms with Gasteiger partial charge in [-0.25, -0.2) is 0 Å². The van der Waals surface area contributed by atoms with E-state index in [4.69, 9.17) is 0 Å². The van der Waals surface area contributed by atoms with Crippen LogP contribution in [0.2, 0.25) is 0 Å². The van der Waals surface area contributed by atoms with Crippen molar-refractivity contribution >= 4 is 23.3 Å². The van der Waals surface area contributed by atoms with Gasteiger partial charge < -0.3 is 0 Å². The number of non-ortho nitro benzene ring substituents is 1. The lowest BCUT2D eigenvalue weighted by Crippen LogP contribution is -1.98. The van der Waals surface area contributed by atoms with Gasteiger partial charge in [0.1, 0.15) is 5.69 Å². The smallest absolute Gasteiger partial charge is 0.272 e. The molecule has 1 rings (SSSR count). The normalized spacial score (nSPS) is 10.7. The van der Waals surface area contributed by atoms with Crippen LogP contribution in [0.4, 0.5) is 17.1 Å². The molecule has 8 heteroatoms. The van der Waals surface area contributed by atoms with Crippen molar-refractivity contribution < 1.29 is 9.85 Å². The highest BCUT2D eigenvalue weighted by atomic mass is 16.6. The molecule has 0 aromatic heterocycles. The van der Waals surface area contributed by atoms with Crippen LogP contribution < -0.4 is 5.43 Å². The van der Waals surface area contributed by atoms with Crippen LogP contribution in [-0.4, -0.2) is 16.1 Å². The molecule has 0 saturated heterocycles. The van der Waals surface area contributed by atoms with Crippen molar-refractivity contribution in [2.75, 3.05) is 5.43 Å². The molecule has 0 bridgehead atoms. The highest BCUT2D eigenvalue weighted by molar-refractivity contribution is 5.67. The maximum Gasteiger partial charge on any atom is 0.301 e. The van der Waals surface area contributed by atoms with E-state index in [-0.39, 0.29) is 17.1 Å². The molecule has 0 fully saturated rings. The number of anilines is 1. The number of hydrazone groups is 1. The molecule has 114 valence electrons. The van der Waals surface area contributed by atoms with Crippen LogP contribution in [0, 0.1) is 20.2 Å². The zero-order valence-corrected chi connectivity index (χ0v) is 11.8. The summed E-state index contributed by atoms with van der Waals surface area (Å²) in [6, 6.07) is 3.40. The van der Waals surface area contributed by atoms with E-state index in [1.165, 1.54) is 18.6 Å². The molecule has 0 heterocycles. The Hall–Kier alpha value is -2.51. The summed E-state index contributed by atoms with van der Waals surface area (Å²) in [5, 5.41) is 25.4. The predicted octanol–water partition coefficient (Wildman–Crippen LogP) is 3.87. The zero-order chi connectivity index (χ0) is 15.7. The van der Waals surface area contributed by atoms with Crippen LogP contribution in [0.1, 0.15) is 39.0 Å². The second-order valence-electron chi connectivity index (χ2n) is 4.49. The summed E-state index contributed by atoms with van der Waals surface area (Å²) in [6.45, 7) is 2.13. The lowest BCUT2D eigenvalue weighted by molar-refractivity contribution is -0.393. The molecule has 0 aliphatic rings. The molecule has 1 N–H and O–H groups in total. The van der Waals surface area contributed by atoms with Crippen LogP contribution in [0.15, 0.2) is 23.3 Å². The average molecular weight is 294 g/mol. The number of nitro benzene ring substituents is 2. The van der Waals surface area contributed by atoms with Gasteiger partial charge in [0.15, 0.2) is 0 Å². The van der Waals surface area contributed by atoms with Gasteiger partial charge in [-0.05, 0) is 18.9 Å². The second-order valence-corrected chi connectivity index (χ2v) is 4.49. The number of hydrogen-bond acceptors (Lipinski definition) is 6. The minimum Gasteiger partial charge on any atom is -0.272 e. The first-order chi connectivity index (χ1) is 10.1. The van der Waals surface area contributed by atoms with E-state index in [1.54, 1.807) is 6.21 Å². The Bertz CT molecular complexity index is 531. The van der Waals surface area contributed by atoms with Gasteiger partial charge in [0.2, 0.25) is 0 Å². The Morgan fingerprint density at radius 2 is 1.95 bits per heavy atom. The van der Waals surface area contributed by atoms with Crippen molar-refractivity contribution in [3.8, 4) is 0 Å². The maximum absolute atomic E-state index is 10.9. The van der Waals surface area contributed by atoms with Crippen molar-refractivity contribution in [2.45, 2.75) is 39.0 Å². The SMILES string of the molecule is CCCCCC/C=N/Nc1ccc([N+](=O)[O-])cc1[N+](=O)[O-]. The summed E-state index contributed by atoms with van der Waals surface area (Å²) in [5.74, 6) is 0. The highest BCUT2D eigenvalue weighted by Gasteiger charge is 2.18. The molecule has 8 nitrogen and oxygen atoms in total. The topological polar surface area (TPSA) is 111 Å². The van der Waals surface area contributed by atoms with E-state index < -0.39 is 9.85 Å². The van der Waals surface area contributed by atoms with Crippen LogP contribution in [0.3, 0.4) is 0 Å².